The lowest BCUT2D eigenvalue weighted by atomic mass is 9.92. The van der Waals surface area contributed by atoms with E-state index in [1.807, 2.05) is 0 Å². The quantitative estimate of drug-likeness (QED) is 0.753. The fraction of sp³-hybridized carbons (Fsp3) is 0.714. The van der Waals surface area contributed by atoms with E-state index in [4.69, 9.17) is 0 Å². The van der Waals surface area contributed by atoms with Crippen LogP contribution in [-0.4, -0.2) is 39.5 Å². The van der Waals surface area contributed by atoms with Crippen molar-refractivity contribution < 1.29 is 8.42 Å². The van der Waals surface area contributed by atoms with Gasteiger partial charge in [-0.1, -0.05) is 13.8 Å². The minimum atomic E-state index is -3.34. The van der Waals surface area contributed by atoms with Crippen molar-refractivity contribution in [1.82, 2.24) is 9.62 Å². The molecule has 1 saturated heterocycles. The van der Waals surface area contributed by atoms with E-state index in [9.17, 15) is 8.42 Å². The number of thiophene rings is 1. The largest absolute Gasteiger partial charge is 0.303 e. The highest BCUT2D eigenvalue weighted by Gasteiger charge is 2.21. The van der Waals surface area contributed by atoms with Crippen molar-refractivity contribution in [2.24, 2.45) is 11.8 Å². The van der Waals surface area contributed by atoms with Gasteiger partial charge < -0.3 is 4.90 Å². The highest BCUT2D eigenvalue weighted by Crippen LogP contribution is 2.25. The van der Waals surface area contributed by atoms with Gasteiger partial charge >= 0.3 is 0 Å². The molecule has 0 aliphatic carbocycles. The Morgan fingerprint density at radius 2 is 2.00 bits per heavy atom. The van der Waals surface area contributed by atoms with Gasteiger partial charge in [0.25, 0.3) is 0 Å². The number of nitrogens with one attached hydrogen (secondary N) is 1. The molecule has 0 amide bonds. The Morgan fingerprint density at radius 1 is 1.33 bits per heavy atom. The first-order valence-corrected chi connectivity index (χ1v) is 10.4. The Labute approximate surface area is 140 Å². The Balaban J connectivity index is 1.74. The number of piperidine rings is 1. The van der Waals surface area contributed by atoms with E-state index in [2.05, 4.69) is 39.4 Å². The predicted molar refractivity (Wildman–Crippen MR) is 91.2 cm³/mol. The second-order valence-corrected chi connectivity index (χ2v) is 10.5. The fourth-order valence-corrected chi connectivity index (χ4v) is 6.13. The summed E-state index contributed by atoms with van der Waals surface area (Å²) < 4.78 is 28.0. The number of hydrogen-bond donors (Lipinski definition) is 1. The summed E-state index contributed by atoms with van der Waals surface area (Å²) in [5, 5.41) is 0. The van der Waals surface area contributed by atoms with Crippen LogP contribution < -0.4 is 4.72 Å². The Kier molecular flexibility index (Phi) is 6.25. The van der Waals surface area contributed by atoms with Crippen molar-refractivity contribution in [3.8, 4) is 0 Å². The number of likely N-dealkylation sites (tertiary alicyclic amines) is 1. The first kappa shape index (κ1) is 17.4. The summed E-state index contributed by atoms with van der Waals surface area (Å²) in [6.07, 6.45) is 2.15. The summed E-state index contributed by atoms with van der Waals surface area (Å²) in [7, 11) is -3.34. The molecule has 2 atom stereocenters. The van der Waals surface area contributed by atoms with E-state index in [0.29, 0.717) is 10.8 Å². The highest BCUT2D eigenvalue weighted by atomic mass is 79.9. The number of hydrogen-bond acceptors (Lipinski definition) is 4. The van der Waals surface area contributed by atoms with Crippen LogP contribution in [0, 0.1) is 11.8 Å². The van der Waals surface area contributed by atoms with Gasteiger partial charge in [-0.15, -0.1) is 11.3 Å². The molecule has 1 aromatic heterocycles. The van der Waals surface area contributed by atoms with E-state index < -0.39 is 10.0 Å². The summed E-state index contributed by atoms with van der Waals surface area (Å²) in [6, 6.07) is 3.39. The molecule has 21 heavy (non-hydrogen) atoms. The lowest BCUT2D eigenvalue weighted by Gasteiger charge is -2.34. The standard InChI is InChI=1S/C14H23BrN2O2S2/c1-11-8-12(2)10-17(9-11)7-3-6-16-21(18,19)14-5-4-13(15)20-14/h4-5,11-12,16H,3,6-10H2,1-2H3/t11-,12-/m1/s1. The second-order valence-electron chi connectivity index (χ2n) is 6.02. The molecule has 0 unspecified atom stereocenters. The lowest BCUT2D eigenvalue weighted by Crippen LogP contribution is -2.40. The fourth-order valence-electron chi connectivity index (χ4n) is 3.00. The number of halogens is 1. The van der Waals surface area contributed by atoms with Crippen LogP contribution >= 0.6 is 27.3 Å². The molecular formula is C14H23BrN2O2S2. The van der Waals surface area contributed by atoms with E-state index in [0.717, 1.165) is 41.7 Å². The van der Waals surface area contributed by atoms with Crippen LogP contribution in [0.2, 0.25) is 0 Å². The van der Waals surface area contributed by atoms with E-state index in [1.54, 1.807) is 12.1 Å². The predicted octanol–water partition coefficient (Wildman–Crippen LogP) is 3.16. The van der Waals surface area contributed by atoms with Gasteiger partial charge in [-0.05, 0) is 59.3 Å². The molecule has 4 nitrogen and oxygen atoms in total. The molecule has 1 aliphatic heterocycles. The van der Waals surface area contributed by atoms with Gasteiger partial charge in [0, 0.05) is 19.6 Å². The van der Waals surface area contributed by atoms with Crippen molar-refractivity contribution in [3.63, 3.8) is 0 Å². The molecule has 0 aromatic carbocycles. The molecule has 2 heterocycles. The van der Waals surface area contributed by atoms with Crippen molar-refractivity contribution in [2.45, 2.75) is 30.9 Å². The summed E-state index contributed by atoms with van der Waals surface area (Å²) in [5.74, 6) is 1.49. The van der Waals surface area contributed by atoms with Gasteiger partial charge in [-0.25, -0.2) is 13.1 Å². The SMILES string of the molecule is C[C@@H]1C[C@@H](C)CN(CCCNS(=O)(=O)c2ccc(Br)s2)C1. The van der Waals surface area contributed by atoms with E-state index >= 15 is 0 Å². The van der Waals surface area contributed by atoms with E-state index in [1.165, 1.54) is 17.8 Å². The highest BCUT2D eigenvalue weighted by molar-refractivity contribution is 9.11. The number of nitrogens with zero attached hydrogens (tertiary/aromatic N) is 1. The zero-order chi connectivity index (χ0) is 15.5. The van der Waals surface area contributed by atoms with Gasteiger partial charge in [-0.3, -0.25) is 0 Å². The molecular weight excluding hydrogens is 372 g/mol. The topological polar surface area (TPSA) is 49.4 Å². The molecule has 120 valence electrons. The van der Waals surface area contributed by atoms with Crippen molar-refractivity contribution >= 4 is 37.3 Å². The Bertz CT molecular complexity index is 549. The second kappa shape index (κ2) is 7.55. The zero-order valence-corrected chi connectivity index (χ0v) is 15.7. The summed E-state index contributed by atoms with van der Waals surface area (Å²) in [5.41, 5.74) is 0. The maximum Gasteiger partial charge on any atom is 0.250 e. The van der Waals surface area contributed by atoms with Crippen LogP contribution in [0.3, 0.4) is 0 Å². The first-order valence-electron chi connectivity index (χ1n) is 7.34. The molecule has 2 rings (SSSR count). The van der Waals surface area contributed by atoms with Crippen LogP contribution in [0.5, 0.6) is 0 Å². The van der Waals surface area contributed by atoms with Crippen LogP contribution in [-0.2, 0) is 10.0 Å². The minimum Gasteiger partial charge on any atom is -0.303 e. The van der Waals surface area contributed by atoms with Crippen LogP contribution in [0.1, 0.15) is 26.7 Å². The molecule has 1 fully saturated rings. The maximum atomic E-state index is 12.1. The molecule has 0 radical (unpaired) electrons. The first-order chi connectivity index (χ1) is 9.87. The molecule has 1 N–H and O–H groups in total. The third-order valence-corrected chi connectivity index (χ3v) is 7.28. The van der Waals surface area contributed by atoms with Crippen LogP contribution in [0.25, 0.3) is 0 Å². The maximum absolute atomic E-state index is 12.1. The van der Waals surface area contributed by atoms with Crippen LogP contribution in [0.4, 0.5) is 0 Å². The zero-order valence-electron chi connectivity index (χ0n) is 12.5. The molecule has 0 spiro atoms. The Morgan fingerprint density at radius 3 is 2.57 bits per heavy atom. The van der Waals surface area contributed by atoms with E-state index in [-0.39, 0.29) is 0 Å². The van der Waals surface area contributed by atoms with Gasteiger partial charge in [0.2, 0.25) is 10.0 Å². The third kappa shape index (κ3) is 5.32. The van der Waals surface area contributed by atoms with Crippen molar-refractivity contribution in [3.05, 3.63) is 15.9 Å². The normalized spacial score (nSPS) is 24.3. The van der Waals surface area contributed by atoms with Crippen molar-refractivity contribution in [1.29, 1.82) is 0 Å². The average Bonchev–Trinajstić information content (AvgIpc) is 2.81. The van der Waals surface area contributed by atoms with Gasteiger partial charge in [-0.2, -0.15) is 0 Å². The summed E-state index contributed by atoms with van der Waals surface area (Å²) >= 11 is 4.53. The lowest BCUT2D eigenvalue weighted by molar-refractivity contribution is 0.140. The monoisotopic (exact) mass is 394 g/mol. The van der Waals surface area contributed by atoms with Gasteiger partial charge in [0.05, 0.1) is 3.79 Å². The van der Waals surface area contributed by atoms with Gasteiger partial charge in [0.15, 0.2) is 0 Å². The molecule has 0 saturated carbocycles. The van der Waals surface area contributed by atoms with Crippen molar-refractivity contribution in [2.75, 3.05) is 26.2 Å². The van der Waals surface area contributed by atoms with Gasteiger partial charge in [0.1, 0.15) is 4.21 Å². The molecule has 0 bridgehead atoms. The smallest absolute Gasteiger partial charge is 0.250 e. The Hall–Kier alpha value is 0.0500. The molecule has 7 heteroatoms. The molecule has 1 aromatic rings. The summed E-state index contributed by atoms with van der Waals surface area (Å²) in [4.78, 5) is 2.45. The van der Waals surface area contributed by atoms with Crippen LogP contribution in [0.15, 0.2) is 20.1 Å². The third-order valence-electron chi connectivity index (χ3n) is 3.70. The number of rotatable bonds is 6. The number of sulfonamides is 1. The molecule has 1 aliphatic rings. The average molecular weight is 395 g/mol. The summed E-state index contributed by atoms with van der Waals surface area (Å²) in [6.45, 7) is 8.31. The minimum absolute atomic E-state index is 0.370.